The molecule has 1 saturated heterocycles. The number of aromatic nitrogens is 1. The normalized spacial score (nSPS) is 15.7. The minimum Gasteiger partial charge on any atom is -0.494 e. The lowest BCUT2D eigenvalue weighted by atomic mass is 9.72. The van der Waals surface area contributed by atoms with E-state index in [4.69, 9.17) is 4.74 Å². The van der Waals surface area contributed by atoms with Crippen LogP contribution in [0.15, 0.2) is 146 Å². The average Bonchev–Trinajstić information content (AvgIpc) is 3.89. The second-order valence-corrected chi connectivity index (χ2v) is 14.0. The number of aromatic amines is 1. The van der Waals surface area contributed by atoms with Crippen molar-refractivity contribution in [3.05, 3.63) is 174 Å². The maximum Gasteiger partial charge on any atom is 0.148 e. The Kier molecular flexibility index (Phi) is 12.3. The first-order valence-electron chi connectivity index (χ1n) is 18.6. The summed E-state index contributed by atoms with van der Waals surface area (Å²) in [6.45, 7) is 7.74. The number of hydrogen-bond donors (Lipinski definition) is 4. The Morgan fingerprint density at radius 3 is 1.85 bits per heavy atom. The minimum absolute atomic E-state index is 0.0844. The zero-order valence-corrected chi connectivity index (χ0v) is 30.4. The first-order valence-corrected chi connectivity index (χ1v) is 18.6. The number of hydrogen-bond acceptors (Lipinski definition) is 5. The first kappa shape index (κ1) is 37.1. The fraction of sp³-hybridized carbons (Fsp3) is 0.304. The van der Waals surface area contributed by atoms with Crippen LogP contribution in [-0.2, 0) is 11.2 Å². The van der Waals surface area contributed by atoms with E-state index in [1.165, 1.54) is 18.4 Å². The lowest BCUT2D eigenvalue weighted by molar-refractivity contribution is -0.130. The number of aliphatic hydroxyl groups excluding tert-OH is 1. The molecular weight excluding hydrogens is 645 g/mol. The van der Waals surface area contributed by atoms with E-state index >= 15 is 0 Å². The number of fused-ring (bicyclic) bond motifs is 1. The maximum absolute atomic E-state index is 11.9. The van der Waals surface area contributed by atoms with Gasteiger partial charge >= 0.3 is 0 Å². The van der Waals surface area contributed by atoms with E-state index in [1.54, 1.807) is 6.92 Å². The van der Waals surface area contributed by atoms with Gasteiger partial charge in [0.2, 0.25) is 0 Å². The number of aliphatic hydroxyl groups is 3. The number of para-hydroxylation sites is 1. The van der Waals surface area contributed by atoms with Crippen LogP contribution in [0.1, 0.15) is 79.5 Å². The van der Waals surface area contributed by atoms with E-state index in [0.29, 0.717) is 16.8 Å². The van der Waals surface area contributed by atoms with Crippen LogP contribution >= 0.6 is 0 Å². The Hall–Kier alpha value is -4.72. The monoisotopic (exact) mass is 696 g/mol. The van der Waals surface area contributed by atoms with E-state index in [2.05, 4.69) is 41.1 Å². The number of nitrogens with zero attached hydrogens (tertiary/aromatic N) is 1. The summed E-state index contributed by atoms with van der Waals surface area (Å²) in [5.41, 5.74) is 1.73. The molecule has 1 aliphatic heterocycles. The van der Waals surface area contributed by atoms with Gasteiger partial charge < -0.3 is 29.9 Å². The molecule has 1 aromatic heterocycles. The quantitative estimate of drug-likeness (QED) is 0.0906. The molecule has 3 atom stereocenters. The van der Waals surface area contributed by atoms with Crippen molar-refractivity contribution in [1.82, 2.24) is 9.88 Å². The third-order valence-corrected chi connectivity index (χ3v) is 10.4. The summed E-state index contributed by atoms with van der Waals surface area (Å²) in [6.07, 6.45) is 4.22. The molecule has 0 amide bonds. The molecule has 4 N–H and O–H groups in total. The maximum atomic E-state index is 11.9. The van der Waals surface area contributed by atoms with Crippen molar-refractivity contribution in [2.45, 2.75) is 62.8 Å². The minimum atomic E-state index is -1.61. The average molecular weight is 697 g/mol. The summed E-state index contributed by atoms with van der Waals surface area (Å²) in [5, 5.41) is 35.6. The van der Waals surface area contributed by atoms with Gasteiger partial charge in [-0.15, -0.1) is 0 Å². The highest BCUT2D eigenvalue weighted by Crippen LogP contribution is 2.45. The highest BCUT2D eigenvalue weighted by Gasteiger charge is 2.50. The lowest BCUT2D eigenvalue weighted by Crippen LogP contribution is -2.48. The highest BCUT2D eigenvalue weighted by atomic mass is 16.5. The molecule has 3 unspecified atom stereocenters. The second-order valence-electron chi connectivity index (χ2n) is 14.0. The molecule has 6 aromatic rings. The van der Waals surface area contributed by atoms with Crippen molar-refractivity contribution in [2.24, 2.45) is 0 Å². The second kappa shape index (κ2) is 17.2. The molecule has 6 nitrogen and oxygen atoms in total. The van der Waals surface area contributed by atoms with Gasteiger partial charge in [0.1, 0.15) is 17.0 Å². The van der Waals surface area contributed by atoms with Crippen LogP contribution in [0.3, 0.4) is 0 Å². The first-order chi connectivity index (χ1) is 25.3. The zero-order chi connectivity index (χ0) is 36.4. The Balaban J connectivity index is 0.000000179. The molecule has 0 bridgehead atoms. The topological polar surface area (TPSA) is 89.0 Å². The molecule has 6 heteroatoms. The van der Waals surface area contributed by atoms with Crippen LogP contribution in [0, 0.1) is 0 Å². The predicted octanol–water partition coefficient (Wildman–Crippen LogP) is 9.09. The molecular formula is C46H52N2O4. The van der Waals surface area contributed by atoms with Crippen molar-refractivity contribution in [3.8, 4) is 5.75 Å². The Bertz CT molecular complexity index is 1860. The summed E-state index contributed by atoms with van der Waals surface area (Å²) in [4.78, 5) is 5.75. The van der Waals surface area contributed by atoms with Gasteiger partial charge in [0.05, 0.1) is 18.4 Å². The van der Waals surface area contributed by atoms with Crippen molar-refractivity contribution in [1.29, 1.82) is 0 Å². The fourth-order valence-electron chi connectivity index (χ4n) is 7.28. The fourth-order valence-corrected chi connectivity index (χ4v) is 7.28. The van der Waals surface area contributed by atoms with Gasteiger partial charge in [-0.05, 0) is 91.2 Å². The van der Waals surface area contributed by atoms with Gasteiger partial charge in [0.25, 0.3) is 0 Å². The summed E-state index contributed by atoms with van der Waals surface area (Å²) in [5.74, 6) is 0.964. The Morgan fingerprint density at radius 1 is 0.712 bits per heavy atom. The summed E-state index contributed by atoms with van der Waals surface area (Å²) in [6, 6.07) is 46.7. The summed E-state index contributed by atoms with van der Waals surface area (Å²) >= 11 is 0. The SMILES string of the molecule is CC(O)(c1cc2ccccc2[nH]1)C(O)(c1ccccc1)c1ccccc1.CCCCOc1ccc(C(O)C(CN2CCCC2)c2ccccc2)cc1. The molecule has 0 radical (unpaired) electrons. The van der Waals surface area contributed by atoms with Crippen LogP contribution in [-0.4, -0.2) is 51.4 Å². The molecule has 7 rings (SSSR count). The van der Waals surface area contributed by atoms with Gasteiger partial charge in [-0.25, -0.2) is 0 Å². The van der Waals surface area contributed by atoms with E-state index in [9.17, 15) is 15.3 Å². The molecule has 1 aliphatic rings. The van der Waals surface area contributed by atoms with Crippen molar-refractivity contribution >= 4 is 10.9 Å². The molecule has 0 spiro atoms. The van der Waals surface area contributed by atoms with E-state index in [0.717, 1.165) is 61.3 Å². The molecule has 1 fully saturated rings. The van der Waals surface area contributed by atoms with Crippen LogP contribution in [0.25, 0.3) is 10.9 Å². The number of unbranched alkanes of at least 4 members (excludes halogenated alkanes) is 1. The lowest BCUT2D eigenvalue weighted by Gasteiger charge is -2.41. The van der Waals surface area contributed by atoms with Crippen molar-refractivity contribution in [3.63, 3.8) is 0 Å². The van der Waals surface area contributed by atoms with Crippen LogP contribution in [0.5, 0.6) is 5.75 Å². The number of ether oxygens (including phenoxy) is 1. The molecule has 270 valence electrons. The molecule has 0 aliphatic carbocycles. The number of benzene rings is 5. The number of nitrogens with one attached hydrogen (secondary N) is 1. The third kappa shape index (κ3) is 8.32. The predicted molar refractivity (Wildman–Crippen MR) is 210 cm³/mol. The standard InChI is InChI=1S/C23H21NO2.C23H31NO2/c1-22(25,21-16-17-10-8-9-15-20(17)24-21)23(26,18-11-4-2-5-12-18)19-13-6-3-7-14-19;1-2-3-17-26-21-13-11-20(12-14-21)23(25)22(18-24-15-7-8-16-24)19-9-5-4-6-10-19/h2-16,24-26H,1H3;4-6,9-14,22-23,25H,2-3,7-8,15-18H2,1H3. The number of H-pyrrole nitrogens is 1. The smallest absolute Gasteiger partial charge is 0.148 e. The Morgan fingerprint density at radius 2 is 1.27 bits per heavy atom. The van der Waals surface area contributed by atoms with Crippen LogP contribution < -0.4 is 4.74 Å². The zero-order valence-electron chi connectivity index (χ0n) is 30.4. The highest BCUT2D eigenvalue weighted by molar-refractivity contribution is 5.80. The van der Waals surface area contributed by atoms with Crippen LogP contribution in [0.2, 0.25) is 0 Å². The van der Waals surface area contributed by atoms with E-state index in [1.807, 2.05) is 121 Å². The van der Waals surface area contributed by atoms with E-state index in [-0.39, 0.29) is 5.92 Å². The van der Waals surface area contributed by atoms with E-state index < -0.39 is 17.3 Å². The van der Waals surface area contributed by atoms with Gasteiger partial charge in [0, 0.05) is 18.0 Å². The molecule has 0 saturated carbocycles. The van der Waals surface area contributed by atoms with Gasteiger partial charge in [-0.1, -0.05) is 135 Å². The largest absolute Gasteiger partial charge is 0.494 e. The number of rotatable bonds is 13. The van der Waals surface area contributed by atoms with Crippen molar-refractivity contribution in [2.75, 3.05) is 26.2 Å². The van der Waals surface area contributed by atoms with Gasteiger partial charge in [-0.2, -0.15) is 0 Å². The molecule has 52 heavy (non-hydrogen) atoms. The summed E-state index contributed by atoms with van der Waals surface area (Å²) < 4.78 is 5.74. The van der Waals surface area contributed by atoms with Crippen molar-refractivity contribution < 1.29 is 20.1 Å². The third-order valence-electron chi connectivity index (χ3n) is 10.4. The Labute approximate surface area is 308 Å². The van der Waals surface area contributed by atoms with Gasteiger partial charge in [0.15, 0.2) is 0 Å². The molecule has 2 heterocycles. The number of likely N-dealkylation sites (tertiary alicyclic amines) is 1. The van der Waals surface area contributed by atoms with Crippen LogP contribution in [0.4, 0.5) is 0 Å². The molecule has 5 aromatic carbocycles. The summed E-state index contributed by atoms with van der Waals surface area (Å²) in [7, 11) is 0. The van der Waals surface area contributed by atoms with Gasteiger partial charge in [-0.3, -0.25) is 0 Å².